The standard InChI is InChI=1S/C15H28N2O5S/c1-15(2,3)12(14(19)20)16-13(18)11(17-23(4,21)22)10-8-6-5-7-9-10/h10-12,17H,5-9H2,1-4H3,(H,16,18)(H,19,20). The lowest BCUT2D eigenvalue weighted by Gasteiger charge is -2.33. The average Bonchev–Trinajstić information content (AvgIpc) is 2.40. The maximum Gasteiger partial charge on any atom is 0.326 e. The summed E-state index contributed by atoms with van der Waals surface area (Å²) in [6.45, 7) is 5.14. The Labute approximate surface area is 138 Å². The van der Waals surface area contributed by atoms with E-state index in [1.807, 2.05) is 0 Å². The van der Waals surface area contributed by atoms with Crippen LogP contribution in [-0.4, -0.2) is 43.7 Å². The third-order valence-corrected chi connectivity index (χ3v) is 4.83. The molecule has 0 aromatic carbocycles. The molecule has 1 saturated carbocycles. The van der Waals surface area contributed by atoms with Gasteiger partial charge in [0.25, 0.3) is 0 Å². The Bertz CT molecular complexity index is 533. The molecule has 0 bridgehead atoms. The molecule has 1 fully saturated rings. The van der Waals surface area contributed by atoms with Crippen LogP contribution < -0.4 is 10.0 Å². The quantitative estimate of drug-likeness (QED) is 0.665. The summed E-state index contributed by atoms with van der Waals surface area (Å²) in [4.78, 5) is 24.0. The Hall–Kier alpha value is -1.15. The van der Waals surface area contributed by atoms with Gasteiger partial charge in [0, 0.05) is 0 Å². The van der Waals surface area contributed by atoms with Crippen LogP contribution >= 0.6 is 0 Å². The Morgan fingerprint density at radius 1 is 1.13 bits per heavy atom. The van der Waals surface area contributed by atoms with Crippen molar-refractivity contribution in [3.8, 4) is 0 Å². The molecule has 1 aliphatic carbocycles. The molecule has 0 radical (unpaired) electrons. The molecule has 2 unspecified atom stereocenters. The minimum Gasteiger partial charge on any atom is -0.480 e. The smallest absolute Gasteiger partial charge is 0.326 e. The van der Waals surface area contributed by atoms with Crippen molar-refractivity contribution in [3.63, 3.8) is 0 Å². The average molecular weight is 348 g/mol. The van der Waals surface area contributed by atoms with Crippen LogP contribution in [0.1, 0.15) is 52.9 Å². The van der Waals surface area contributed by atoms with Crippen molar-refractivity contribution < 1.29 is 23.1 Å². The number of hydrogen-bond donors (Lipinski definition) is 3. The van der Waals surface area contributed by atoms with E-state index in [-0.39, 0.29) is 5.92 Å². The fourth-order valence-corrected chi connectivity index (χ4v) is 3.70. The lowest BCUT2D eigenvalue weighted by Crippen LogP contribution is -2.57. The minimum atomic E-state index is -3.57. The Kier molecular flexibility index (Phi) is 6.59. The zero-order chi connectivity index (χ0) is 17.8. The molecule has 7 nitrogen and oxygen atoms in total. The van der Waals surface area contributed by atoms with Gasteiger partial charge in [-0.3, -0.25) is 4.79 Å². The van der Waals surface area contributed by atoms with E-state index in [1.165, 1.54) is 0 Å². The van der Waals surface area contributed by atoms with Crippen LogP contribution in [0.25, 0.3) is 0 Å². The summed E-state index contributed by atoms with van der Waals surface area (Å²) in [6, 6.07) is -2.00. The molecule has 0 aromatic rings. The van der Waals surface area contributed by atoms with Crippen LogP contribution in [-0.2, 0) is 19.6 Å². The van der Waals surface area contributed by atoms with E-state index in [0.717, 1.165) is 38.4 Å². The highest BCUT2D eigenvalue weighted by atomic mass is 32.2. The topological polar surface area (TPSA) is 113 Å². The first kappa shape index (κ1) is 19.9. The van der Waals surface area contributed by atoms with Crippen molar-refractivity contribution in [3.05, 3.63) is 0 Å². The van der Waals surface area contributed by atoms with Gasteiger partial charge in [0.2, 0.25) is 15.9 Å². The summed E-state index contributed by atoms with van der Waals surface area (Å²) in [6.07, 6.45) is 5.49. The molecule has 0 aliphatic heterocycles. The van der Waals surface area contributed by atoms with Crippen molar-refractivity contribution in [2.75, 3.05) is 6.26 Å². The number of carbonyl (C=O) groups is 2. The SMILES string of the molecule is CC(C)(C)C(NC(=O)C(NS(C)(=O)=O)C1CCCCC1)C(=O)O. The highest BCUT2D eigenvalue weighted by molar-refractivity contribution is 7.88. The lowest BCUT2D eigenvalue weighted by molar-refractivity contribution is -0.145. The number of aliphatic carboxylic acids is 1. The largest absolute Gasteiger partial charge is 0.480 e. The normalized spacial score (nSPS) is 19.8. The van der Waals surface area contributed by atoms with Crippen molar-refractivity contribution in [2.24, 2.45) is 11.3 Å². The van der Waals surface area contributed by atoms with E-state index in [4.69, 9.17) is 0 Å². The highest BCUT2D eigenvalue weighted by Gasteiger charge is 2.37. The van der Waals surface area contributed by atoms with Crippen LogP contribution in [0.4, 0.5) is 0 Å². The Balaban J connectivity index is 2.96. The van der Waals surface area contributed by atoms with Crippen molar-refractivity contribution >= 4 is 21.9 Å². The zero-order valence-corrected chi connectivity index (χ0v) is 15.1. The number of carboxylic acids is 1. The summed E-state index contributed by atoms with van der Waals surface area (Å²) in [5.41, 5.74) is -0.677. The summed E-state index contributed by atoms with van der Waals surface area (Å²) >= 11 is 0. The van der Waals surface area contributed by atoms with Crippen LogP contribution in [0, 0.1) is 11.3 Å². The van der Waals surface area contributed by atoms with Crippen molar-refractivity contribution in [1.29, 1.82) is 0 Å². The van der Waals surface area contributed by atoms with Crippen LogP contribution in [0.5, 0.6) is 0 Å². The van der Waals surface area contributed by atoms with Gasteiger partial charge in [-0.15, -0.1) is 0 Å². The van der Waals surface area contributed by atoms with Crippen LogP contribution in [0.15, 0.2) is 0 Å². The number of carboxylic acid groups (broad SMARTS) is 1. The molecule has 3 N–H and O–H groups in total. The molecular formula is C15H28N2O5S. The summed E-state index contributed by atoms with van der Waals surface area (Å²) in [7, 11) is -3.57. The van der Waals surface area contributed by atoms with E-state index in [0.29, 0.717) is 0 Å². The van der Waals surface area contributed by atoms with Crippen molar-refractivity contribution in [2.45, 2.75) is 65.0 Å². The maximum absolute atomic E-state index is 12.6. The van der Waals surface area contributed by atoms with Crippen LogP contribution in [0.3, 0.4) is 0 Å². The van der Waals surface area contributed by atoms with E-state index in [2.05, 4.69) is 10.0 Å². The second-order valence-electron chi connectivity index (χ2n) is 7.41. The predicted octanol–water partition coefficient (Wildman–Crippen LogP) is 1.10. The molecule has 1 rings (SSSR count). The molecule has 23 heavy (non-hydrogen) atoms. The van der Waals surface area contributed by atoms with Gasteiger partial charge >= 0.3 is 5.97 Å². The monoisotopic (exact) mass is 348 g/mol. The highest BCUT2D eigenvalue weighted by Crippen LogP contribution is 2.27. The van der Waals surface area contributed by atoms with E-state index < -0.39 is 39.4 Å². The minimum absolute atomic E-state index is 0.104. The summed E-state index contributed by atoms with van der Waals surface area (Å²) in [5, 5.41) is 11.8. The number of carbonyl (C=O) groups excluding carboxylic acids is 1. The number of nitrogens with one attached hydrogen (secondary N) is 2. The first-order valence-electron chi connectivity index (χ1n) is 7.92. The van der Waals surface area contributed by atoms with Crippen LogP contribution in [0.2, 0.25) is 0 Å². The molecule has 0 aromatic heterocycles. The molecule has 1 aliphatic rings. The molecule has 1 amide bonds. The number of sulfonamides is 1. The molecule has 134 valence electrons. The van der Waals surface area contributed by atoms with Gasteiger partial charge in [0.05, 0.1) is 6.26 Å². The first-order valence-corrected chi connectivity index (χ1v) is 9.81. The molecular weight excluding hydrogens is 320 g/mol. The maximum atomic E-state index is 12.6. The van der Waals surface area contributed by atoms with Gasteiger partial charge < -0.3 is 10.4 Å². The fourth-order valence-electron chi connectivity index (χ4n) is 2.94. The molecule has 0 spiro atoms. The third kappa shape index (κ3) is 6.47. The Morgan fingerprint density at radius 2 is 1.65 bits per heavy atom. The van der Waals surface area contributed by atoms with Gasteiger partial charge in [-0.25, -0.2) is 17.9 Å². The molecule has 0 heterocycles. The van der Waals surface area contributed by atoms with E-state index in [1.54, 1.807) is 20.8 Å². The van der Waals surface area contributed by atoms with Gasteiger partial charge in [-0.2, -0.15) is 0 Å². The fraction of sp³-hybridized carbons (Fsp3) is 0.867. The van der Waals surface area contributed by atoms with Gasteiger partial charge in [-0.05, 0) is 24.2 Å². The predicted molar refractivity (Wildman–Crippen MR) is 87.4 cm³/mol. The zero-order valence-electron chi connectivity index (χ0n) is 14.3. The lowest BCUT2D eigenvalue weighted by atomic mass is 9.83. The van der Waals surface area contributed by atoms with Gasteiger partial charge in [0.15, 0.2) is 0 Å². The third-order valence-electron chi connectivity index (χ3n) is 4.14. The van der Waals surface area contributed by atoms with Gasteiger partial charge in [0.1, 0.15) is 12.1 Å². The second kappa shape index (κ2) is 7.61. The molecule has 8 heteroatoms. The first-order chi connectivity index (χ1) is 10.4. The second-order valence-corrected chi connectivity index (χ2v) is 9.19. The summed E-state index contributed by atoms with van der Waals surface area (Å²) in [5.74, 6) is -1.80. The van der Waals surface area contributed by atoms with E-state index >= 15 is 0 Å². The molecule has 0 saturated heterocycles. The number of hydrogen-bond acceptors (Lipinski definition) is 4. The number of rotatable bonds is 6. The van der Waals surface area contributed by atoms with Gasteiger partial charge in [-0.1, -0.05) is 40.0 Å². The Morgan fingerprint density at radius 3 is 2.04 bits per heavy atom. The molecule has 2 atom stereocenters. The number of amides is 1. The van der Waals surface area contributed by atoms with Crippen molar-refractivity contribution in [1.82, 2.24) is 10.0 Å². The summed E-state index contributed by atoms with van der Waals surface area (Å²) < 4.78 is 25.6. The van der Waals surface area contributed by atoms with E-state index in [9.17, 15) is 23.1 Å².